The highest BCUT2D eigenvalue weighted by molar-refractivity contribution is 5.80. The van der Waals surface area contributed by atoms with Crippen LogP contribution in [0.25, 0.3) is 0 Å². The van der Waals surface area contributed by atoms with Crippen molar-refractivity contribution in [2.24, 2.45) is 0 Å². The largest absolute Gasteiger partial charge is 0.376 e. The molecule has 0 fully saturated rings. The fourth-order valence-corrected chi connectivity index (χ4v) is 1.40. The Hall–Kier alpha value is -1.58. The SMILES string of the molecule is CCCCN(C)C(=O)CNc1ccc(F)cc1. The summed E-state index contributed by atoms with van der Waals surface area (Å²) in [5, 5.41) is 2.97. The van der Waals surface area contributed by atoms with Gasteiger partial charge in [-0.2, -0.15) is 0 Å². The van der Waals surface area contributed by atoms with Gasteiger partial charge in [-0.05, 0) is 30.7 Å². The molecule has 1 amide bonds. The van der Waals surface area contributed by atoms with Crippen LogP contribution in [0.3, 0.4) is 0 Å². The van der Waals surface area contributed by atoms with Gasteiger partial charge >= 0.3 is 0 Å². The quantitative estimate of drug-likeness (QED) is 0.825. The number of benzene rings is 1. The van der Waals surface area contributed by atoms with Gasteiger partial charge in [0.2, 0.25) is 5.91 Å². The van der Waals surface area contributed by atoms with E-state index in [1.54, 1.807) is 24.1 Å². The lowest BCUT2D eigenvalue weighted by atomic mass is 10.3. The molecular formula is C13H19FN2O. The van der Waals surface area contributed by atoms with Gasteiger partial charge in [0, 0.05) is 19.3 Å². The first-order valence-electron chi connectivity index (χ1n) is 5.87. The summed E-state index contributed by atoms with van der Waals surface area (Å²) >= 11 is 0. The monoisotopic (exact) mass is 238 g/mol. The van der Waals surface area contributed by atoms with Crippen molar-refractivity contribution < 1.29 is 9.18 Å². The number of likely N-dealkylation sites (N-methyl/N-ethyl adjacent to an activating group) is 1. The summed E-state index contributed by atoms with van der Waals surface area (Å²) in [7, 11) is 1.80. The van der Waals surface area contributed by atoms with Gasteiger partial charge in [0.25, 0.3) is 0 Å². The molecule has 0 aliphatic heterocycles. The Balaban J connectivity index is 2.34. The van der Waals surface area contributed by atoms with Gasteiger partial charge in [0.15, 0.2) is 0 Å². The zero-order valence-corrected chi connectivity index (χ0v) is 10.4. The van der Waals surface area contributed by atoms with Crippen molar-refractivity contribution in [3.63, 3.8) is 0 Å². The van der Waals surface area contributed by atoms with E-state index in [1.807, 2.05) is 0 Å². The first kappa shape index (κ1) is 13.5. The van der Waals surface area contributed by atoms with Gasteiger partial charge in [0.1, 0.15) is 5.82 Å². The average molecular weight is 238 g/mol. The third kappa shape index (κ3) is 4.85. The van der Waals surface area contributed by atoms with Crippen LogP contribution in [-0.2, 0) is 4.79 Å². The predicted molar refractivity (Wildman–Crippen MR) is 67.4 cm³/mol. The highest BCUT2D eigenvalue weighted by Crippen LogP contribution is 2.07. The van der Waals surface area contributed by atoms with E-state index in [2.05, 4.69) is 12.2 Å². The molecule has 0 aromatic heterocycles. The molecule has 0 atom stereocenters. The van der Waals surface area contributed by atoms with Crippen LogP contribution in [-0.4, -0.2) is 30.9 Å². The molecular weight excluding hydrogens is 219 g/mol. The molecule has 1 rings (SSSR count). The molecule has 1 N–H and O–H groups in total. The Labute approximate surface area is 102 Å². The highest BCUT2D eigenvalue weighted by atomic mass is 19.1. The molecule has 0 heterocycles. The second kappa shape index (κ2) is 6.89. The van der Waals surface area contributed by atoms with Crippen molar-refractivity contribution in [2.75, 3.05) is 25.5 Å². The topological polar surface area (TPSA) is 32.3 Å². The lowest BCUT2D eigenvalue weighted by Crippen LogP contribution is -2.32. The zero-order chi connectivity index (χ0) is 12.7. The van der Waals surface area contributed by atoms with Gasteiger partial charge in [-0.3, -0.25) is 4.79 Å². The third-order valence-electron chi connectivity index (χ3n) is 2.56. The van der Waals surface area contributed by atoms with Crippen molar-refractivity contribution in [3.8, 4) is 0 Å². The molecule has 94 valence electrons. The minimum Gasteiger partial charge on any atom is -0.376 e. The van der Waals surface area contributed by atoms with E-state index >= 15 is 0 Å². The van der Waals surface area contributed by atoms with E-state index in [9.17, 15) is 9.18 Å². The summed E-state index contributed by atoms with van der Waals surface area (Å²) < 4.78 is 12.7. The maximum Gasteiger partial charge on any atom is 0.241 e. The number of rotatable bonds is 6. The third-order valence-corrected chi connectivity index (χ3v) is 2.56. The Bertz CT molecular complexity index is 351. The van der Waals surface area contributed by atoms with Gasteiger partial charge in [0.05, 0.1) is 6.54 Å². The van der Waals surface area contributed by atoms with Gasteiger partial charge in [-0.25, -0.2) is 4.39 Å². The number of amides is 1. The Morgan fingerprint density at radius 2 is 2.00 bits per heavy atom. The van der Waals surface area contributed by atoms with E-state index < -0.39 is 0 Å². The maximum absolute atomic E-state index is 12.7. The van der Waals surface area contributed by atoms with E-state index in [1.165, 1.54) is 12.1 Å². The zero-order valence-electron chi connectivity index (χ0n) is 10.4. The lowest BCUT2D eigenvalue weighted by molar-refractivity contribution is -0.128. The smallest absolute Gasteiger partial charge is 0.241 e. The number of nitrogens with one attached hydrogen (secondary N) is 1. The molecule has 0 saturated carbocycles. The van der Waals surface area contributed by atoms with Crippen LogP contribution in [0.2, 0.25) is 0 Å². The van der Waals surface area contributed by atoms with Crippen LogP contribution in [0.15, 0.2) is 24.3 Å². The first-order chi connectivity index (χ1) is 8.13. The van der Waals surface area contributed by atoms with E-state index in [0.717, 1.165) is 25.1 Å². The minimum absolute atomic E-state index is 0.0442. The molecule has 4 heteroatoms. The minimum atomic E-state index is -0.276. The Morgan fingerprint density at radius 1 is 1.35 bits per heavy atom. The number of hydrogen-bond donors (Lipinski definition) is 1. The van der Waals surface area contributed by atoms with Crippen molar-refractivity contribution in [1.29, 1.82) is 0 Å². The second-order valence-electron chi connectivity index (χ2n) is 4.03. The lowest BCUT2D eigenvalue weighted by Gasteiger charge is -2.17. The summed E-state index contributed by atoms with van der Waals surface area (Å²) in [6, 6.07) is 5.98. The van der Waals surface area contributed by atoms with E-state index in [-0.39, 0.29) is 18.3 Å². The van der Waals surface area contributed by atoms with Crippen molar-refractivity contribution in [2.45, 2.75) is 19.8 Å². The standard InChI is InChI=1S/C13H19FN2O/c1-3-4-9-16(2)13(17)10-15-12-7-5-11(14)6-8-12/h5-8,15H,3-4,9-10H2,1-2H3. The molecule has 0 saturated heterocycles. The molecule has 0 radical (unpaired) electrons. The van der Waals surface area contributed by atoms with Gasteiger partial charge in [-0.1, -0.05) is 13.3 Å². The Morgan fingerprint density at radius 3 is 2.59 bits per heavy atom. The molecule has 0 aliphatic carbocycles. The molecule has 0 aliphatic rings. The molecule has 3 nitrogen and oxygen atoms in total. The number of hydrogen-bond acceptors (Lipinski definition) is 2. The van der Waals surface area contributed by atoms with Crippen molar-refractivity contribution >= 4 is 11.6 Å². The number of carbonyl (C=O) groups excluding carboxylic acids is 1. The highest BCUT2D eigenvalue weighted by Gasteiger charge is 2.07. The number of halogens is 1. The van der Waals surface area contributed by atoms with E-state index in [0.29, 0.717) is 0 Å². The number of carbonyl (C=O) groups is 1. The molecule has 0 unspecified atom stereocenters. The van der Waals surface area contributed by atoms with E-state index in [4.69, 9.17) is 0 Å². The average Bonchev–Trinajstić information content (AvgIpc) is 2.34. The summed E-state index contributed by atoms with van der Waals surface area (Å²) in [4.78, 5) is 13.4. The van der Waals surface area contributed by atoms with Crippen LogP contribution in [0.1, 0.15) is 19.8 Å². The maximum atomic E-state index is 12.7. The molecule has 0 spiro atoms. The first-order valence-corrected chi connectivity index (χ1v) is 5.87. The van der Waals surface area contributed by atoms with Gasteiger partial charge in [-0.15, -0.1) is 0 Å². The van der Waals surface area contributed by atoms with Crippen LogP contribution in [0, 0.1) is 5.82 Å². The van der Waals surface area contributed by atoms with Crippen LogP contribution >= 0.6 is 0 Å². The number of nitrogens with zero attached hydrogens (tertiary/aromatic N) is 1. The summed E-state index contributed by atoms with van der Waals surface area (Å²) in [6.07, 6.45) is 2.09. The van der Waals surface area contributed by atoms with Crippen molar-refractivity contribution in [1.82, 2.24) is 4.90 Å². The van der Waals surface area contributed by atoms with Crippen molar-refractivity contribution in [3.05, 3.63) is 30.1 Å². The summed E-state index contributed by atoms with van der Waals surface area (Å²) in [5.41, 5.74) is 0.753. The fourth-order valence-electron chi connectivity index (χ4n) is 1.40. The normalized spacial score (nSPS) is 10.1. The van der Waals surface area contributed by atoms with Crippen LogP contribution in [0.5, 0.6) is 0 Å². The van der Waals surface area contributed by atoms with Crippen LogP contribution in [0.4, 0.5) is 10.1 Å². The van der Waals surface area contributed by atoms with Gasteiger partial charge < -0.3 is 10.2 Å². The Kier molecular flexibility index (Phi) is 5.46. The summed E-state index contributed by atoms with van der Waals surface area (Å²) in [6.45, 7) is 3.11. The molecule has 0 bridgehead atoms. The molecule has 1 aromatic carbocycles. The van der Waals surface area contributed by atoms with Crippen LogP contribution < -0.4 is 5.32 Å². The molecule has 17 heavy (non-hydrogen) atoms. The fraction of sp³-hybridized carbons (Fsp3) is 0.462. The predicted octanol–water partition coefficient (Wildman–Crippen LogP) is 2.50. The second-order valence-corrected chi connectivity index (χ2v) is 4.03. The number of anilines is 1. The number of unbranched alkanes of at least 4 members (excludes halogenated alkanes) is 1. The summed E-state index contributed by atoms with van der Waals surface area (Å²) in [5.74, 6) is -0.232. The molecule has 1 aromatic rings.